The second-order valence-corrected chi connectivity index (χ2v) is 6.89. The van der Waals surface area contributed by atoms with Crippen LogP contribution in [0.3, 0.4) is 0 Å². The van der Waals surface area contributed by atoms with Crippen molar-refractivity contribution in [1.82, 2.24) is 10.3 Å². The van der Waals surface area contributed by atoms with Crippen LogP contribution in [0.25, 0.3) is 17.2 Å². The number of rotatable bonds is 3. The first-order valence-corrected chi connectivity index (χ1v) is 8.86. The van der Waals surface area contributed by atoms with Gasteiger partial charge in [-0.3, -0.25) is 9.59 Å². The van der Waals surface area contributed by atoms with Crippen LogP contribution in [0.15, 0.2) is 56.8 Å². The highest BCUT2D eigenvalue weighted by Gasteiger charge is 2.24. The van der Waals surface area contributed by atoms with Gasteiger partial charge in [-0.1, -0.05) is 12.1 Å². The third kappa shape index (κ3) is 3.61. The number of fused-ring (bicyclic) bond motifs is 1. The molecular weight excluding hydrogens is 364 g/mol. The molecule has 0 unspecified atom stereocenters. The summed E-state index contributed by atoms with van der Waals surface area (Å²) in [5, 5.41) is 3.15. The average Bonchev–Trinajstić information content (AvgIpc) is 3.16. The quantitative estimate of drug-likeness (QED) is 0.680. The van der Waals surface area contributed by atoms with E-state index < -0.39 is 5.91 Å². The maximum Gasteiger partial charge on any atom is 0.264 e. The Labute approximate surface area is 158 Å². The van der Waals surface area contributed by atoms with Crippen LogP contribution in [-0.2, 0) is 4.79 Å². The van der Waals surface area contributed by atoms with Gasteiger partial charge < -0.3 is 15.5 Å². The summed E-state index contributed by atoms with van der Waals surface area (Å²) in [6.45, 7) is 1.79. The predicted octanol–water partition coefficient (Wildman–Crippen LogP) is 3.13. The Balaban J connectivity index is 1.60. The summed E-state index contributed by atoms with van der Waals surface area (Å²) >= 11 is 1.22. The molecule has 8 heteroatoms. The molecule has 0 aliphatic carbocycles. The van der Waals surface area contributed by atoms with E-state index in [2.05, 4.69) is 15.3 Å². The highest BCUT2D eigenvalue weighted by Crippen LogP contribution is 2.29. The van der Waals surface area contributed by atoms with Crippen molar-refractivity contribution in [2.45, 2.75) is 6.92 Å². The second kappa shape index (κ2) is 6.73. The number of hydrogen-bond donors (Lipinski definition) is 2. The zero-order valence-corrected chi connectivity index (χ0v) is 15.0. The Bertz CT molecular complexity index is 1150. The first-order chi connectivity index (χ1) is 13.0. The van der Waals surface area contributed by atoms with Crippen LogP contribution < -0.4 is 11.1 Å². The zero-order chi connectivity index (χ0) is 19.0. The molecule has 1 fully saturated rings. The second-order valence-electron chi connectivity index (χ2n) is 5.86. The van der Waals surface area contributed by atoms with Gasteiger partial charge in [-0.05, 0) is 53.7 Å². The fraction of sp³-hybridized carbons (Fsp3) is 0.0526. The van der Waals surface area contributed by atoms with E-state index in [0.717, 1.165) is 11.1 Å². The van der Waals surface area contributed by atoms with Gasteiger partial charge in [0.25, 0.3) is 5.91 Å². The molecule has 0 radical (unpaired) electrons. The molecule has 1 aliphatic heterocycles. The molecule has 3 aromatic rings. The number of aliphatic imine (C=N–C) groups is 1. The molecular formula is C19H14N4O3S. The van der Waals surface area contributed by atoms with E-state index in [-0.39, 0.29) is 5.91 Å². The Morgan fingerprint density at radius 1 is 1.30 bits per heavy atom. The van der Waals surface area contributed by atoms with Crippen LogP contribution in [0.4, 0.5) is 5.69 Å². The normalized spacial score (nSPS) is 17.0. The van der Waals surface area contributed by atoms with Gasteiger partial charge in [0.2, 0.25) is 5.91 Å². The van der Waals surface area contributed by atoms with Crippen molar-refractivity contribution >= 4 is 51.6 Å². The topological polar surface area (TPSA) is 111 Å². The maximum atomic E-state index is 12.2. The molecule has 0 saturated carbocycles. The number of aromatic nitrogens is 1. The van der Waals surface area contributed by atoms with Crippen LogP contribution >= 0.6 is 11.8 Å². The fourth-order valence-electron chi connectivity index (χ4n) is 2.62. The first-order valence-electron chi connectivity index (χ1n) is 8.04. The summed E-state index contributed by atoms with van der Waals surface area (Å²) in [6, 6.07) is 12.2. The third-order valence-electron chi connectivity index (χ3n) is 3.83. The minimum atomic E-state index is -0.529. The van der Waals surface area contributed by atoms with E-state index in [1.54, 1.807) is 37.3 Å². The van der Waals surface area contributed by atoms with Crippen molar-refractivity contribution in [2.75, 3.05) is 0 Å². The molecule has 1 saturated heterocycles. The lowest BCUT2D eigenvalue weighted by molar-refractivity contribution is -0.115. The fourth-order valence-corrected chi connectivity index (χ4v) is 3.47. The Morgan fingerprint density at radius 3 is 2.96 bits per heavy atom. The summed E-state index contributed by atoms with van der Waals surface area (Å²) in [6.07, 6.45) is 1.76. The van der Waals surface area contributed by atoms with Crippen LogP contribution in [0, 0.1) is 6.92 Å². The van der Waals surface area contributed by atoms with E-state index in [1.165, 1.54) is 11.8 Å². The molecule has 1 aromatic heterocycles. The van der Waals surface area contributed by atoms with E-state index in [9.17, 15) is 9.59 Å². The van der Waals surface area contributed by atoms with Gasteiger partial charge >= 0.3 is 0 Å². The Hall–Kier alpha value is -3.39. The van der Waals surface area contributed by atoms with Crippen LogP contribution in [-0.4, -0.2) is 22.0 Å². The summed E-state index contributed by atoms with van der Waals surface area (Å²) in [5.41, 5.74) is 8.44. The number of carbonyl (C=O) groups excluding carboxylic acids is 2. The van der Waals surface area contributed by atoms with Gasteiger partial charge in [0.15, 0.2) is 16.6 Å². The molecule has 134 valence electrons. The summed E-state index contributed by atoms with van der Waals surface area (Å²) in [7, 11) is 0. The van der Waals surface area contributed by atoms with E-state index in [0.29, 0.717) is 32.8 Å². The molecule has 2 amide bonds. The lowest BCUT2D eigenvalue weighted by atomic mass is 10.2. The minimum Gasteiger partial charge on any atom is -0.441 e. The number of nitrogens with two attached hydrogens (primary N) is 1. The molecule has 0 atom stereocenters. The van der Waals surface area contributed by atoms with Crippen LogP contribution in [0.5, 0.6) is 0 Å². The van der Waals surface area contributed by atoms with Crippen molar-refractivity contribution in [3.05, 3.63) is 64.4 Å². The maximum absolute atomic E-state index is 12.2. The van der Waals surface area contributed by atoms with Gasteiger partial charge in [0, 0.05) is 12.5 Å². The van der Waals surface area contributed by atoms with Crippen molar-refractivity contribution in [2.24, 2.45) is 10.7 Å². The van der Waals surface area contributed by atoms with Crippen molar-refractivity contribution in [3.8, 4) is 0 Å². The number of benzene rings is 2. The molecule has 0 spiro atoms. The molecule has 2 heterocycles. The zero-order valence-electron chi connectivity index (χ0n) is 14.2. The number of primary amides is 1. The standard InChI is InChI=1S/C19H14N4O3S/c1-10-21-14-6-5-11(7-15(14)26-10)8-16-18(25)23-19(27-16)22-13-4-2-3-12(9-13)17(20)24/h2-9H,1H3,(H2,20,24)(H,22,23,25). The number of carbonyl (C=O) groups is 2. The molecule has 7 nitrogen and oxygen atoms in total. The summed E-state index contributed by atoms with van der Waals surface area (Å²) < 4.78 is 5.52. The molecule has 1 aliphatic rings. The van der Waals surface area contributed by atoms with Crippen LogP contribution in [0.1, 0.15) is 21.8 Å². The van der Waals surface area contributed by atoms with Crippen LogP contribution in [0.2, 0.25) is 0 Å². The number of nitrogens with zero attached hydrogens (tertiary/aromatic N) is 2. The number of oxazole rings is 1. The molecule has 0 bridgehead atoms. The highest BCUT2D eigenvalue weighted by atomic mass is 32.2. The number of thioether (sulfide) groups is 1. The van der Waals surface area contributed by atoms with Crippen molar-refractivity contribution in [1.29, 1.82) is 0 Å². The van der Waals surface area contributed by atoms with E-state index in [1.807, 2.05) is 18.2 Å². The Kier molecular flexibility index (Phi) is 4.25. The molecule has 4 rings (SSSR count). The number of aryl methyl sites for hydroxylation is 1. The minimum absolute atomic E-state index is 0.237. The number of amidine groups is 1. The third-order valence-corrected chi connectivity index (χ3v) is 4.74. The lowest BCUT2D eigenvalue weighted by Crippen LogP contribution is -2.19. The number of amides is 2. The predicted molar refractivity (Wildman–Crippen MR) is 105 cm³/mol. The van der Waals surface area contributed by atoms with E-state index >= 15 is 0 Å². The largest absolute Gasteiger partial charge is 0.441 e. The average molecular weight is 378 g/mol. The first kappa shape index (κ1) is 17.0. The van der Waals surface area contributed by atoms with Gasteiger partial charge in [0.05, 0.1) is 10.6 Å². The molecule has 3 N–H and O–H groups in total. The number of nitrogens with one attached hydrogen (secondary N) is 1. The van der Waals surface area contributed by atoms with Crippen molar-refractivity contribution < 1.29 is 14.0 Å². The molecule has 2 aromatic carbocycles. The smallest absolute Gasteiger partial charge is 0.264 e. The summed E-state index contributed by atoms with van der Waals surface area (Å²) in [4.78, 5) is 32.6. The SMILES string of the molecule is Cc1nc2ccc(C=C3SC(=Nc4cccc(C(N)=O)c4)NC3=O)cc2o1. The Morgan fingerprint density at radius 2 is 2.15 bits per heavy atom. The van der Waals surface area contributed by atoms with Gasteiger partial charge in [-0.25, -0.2) is 9.98 Å². The van der Waals surface area contributed by atoms with Gasteiger partial charge in [-0.15, -0.1) is 0 Å². The van der Waals surface area contributed by atoms with E-state index in [4.69, 9.17) is 10.2 Å². The van der Waals surface area contributed by atoms with Gasteiger partial charge in [-0.2, -0.15) is 0 Å². The summed E-state index contributed by atoms with van der Waals surface area (Å²) in [5.74, 6) is -0.173. The highest BCUT2D eigenvalue weighted by molar-refractivity contribution is 8.18. The molecule has 27 heavy (non-hydrogen) atoms. The lowest BCUT2D eigenvalue weighted by Gasteiger charge is -1.99. The monoisotopic (exact) mass is 378 g/mol. The van der Waals surface area contributed by atoms with Crippen molar-refractivity contribution in [3.63, 3.8) is 0 Å². The number of hydrogen-bond acceptors (Lipinski definition) is 6. The van der Waals surface area contributed by atoms with Gasteiger partial charge in [0.1, 0.15) is 5.52 Å².